The van der Waals surface area contributed by atoms with Crippen LogP contribution in [-0.2, 0) is 4.79 Å². The molecule has 0 saturated carbocycles. The molecule has 3 heteroatoms. The molecular formula is C11H13BrO2. The monoisotopic (exact) mass is 256 g/mol. The van der Waals surface area contributed by atoms with Gasteiger partial charge in [-0.2, -0.15) is 0 Å². The summed E-state index contributed by atoms with van der Waals surface area (Å²) in [5.74, 6) is 0.964. The van der Waals surface area contributed by atoms with Crippen molar-refractivity contribution in [3.05, 3.63) is 28.2 Å². The van der Waals surface area contributed by atoms with E-state index in [1.165, 1.54) is 0 Å². The molecule has 0 aromatic heterocycles. The van der Waals surface area contributed by atoms with Crippen molar-refractivity contribution < 1.29 is 9.53 Å². The van der Waals surface area contributed by atoms with Gasteiger partial charge in [-0.1, -0.05) is 15.9 Å². The second kappa shape index (κ2) is 5.15. The van der Waals surface area contributed by atoms with Gasteiger partial charge in [-0.05, 0) is 37.6 Å². The van der Waals surface area contributed by atoms with Gasteiger partial charge in [-0.3, -0.25) is 4.79 Å². The standard InChI is InChI=1S/C11H13BrO2/c1-8-7-10(3-4-11(8)12)14-6-5-9(2)13/h3-4,7H,5-6H2,1-2H3. The maximum atomic E-state index is 10.7. The Morgan fingerprint density at radius 1 is 1.50 bits per heavy atom. The number of carbonyl (C=O) groups excluding carboxylic acids is 1. The first kappa shape index (κ1) is 11.2. The zero-order chi connectivity index (χ0) is 10.6. The molecule has 0 fully saturated rings. The van der Waals surface area contributed by atoms with Crippen LogP contribution in [-0.4, -0.2) is 12.4 Å². The van der Waals surface area contributed by atoms with Crippen LogP contribution >= 0.6 is 15.9 Å². The van der Waals surface area contributed by atoms with Gasteiger partial charge in [-0.25, -0.2) is 0 Å². The Balaban J connectivity index is 2.51. The van der Waals surface area contributed by atoms with Gasteiger partial charge in [0.15, 0.2) is 0 Å². The van der Waals surface area contributed by atoms with Crippen molar-refractivity contribution in [1.29, 1.82) is 0 Å². The van der Waals surface area contributed by atoms with E-state index in [-0.39, 0.29) is 5.78 Å². The molecule has 76 valence electrons. The molecule has 0 aliphatic heterocycles. The van der Waals surface area contributed by atoms with E-state index in [1.54, 1.807) is 6.92 Å². The third-order valence-electron chi connectivity index (χ3n) is 1.85. The first-order chi connectivity index (χ1) is 6.59. The van der Waals surface area contributed by atoms with Crippen molar-refractivity contribution in [3.8, 4) is 5.75 Å². The van der Waals surface area contributed by atoms with Crippen molar-refractivity contribution in [1.82, 2.24) is 0 Å². The average Bonchev–Trinajstić information content (AvgIpc) is 2.10. The van der Waals surface area contributed by atoms with Crippen LogP contribution in [0.4, 0.5) is 0 Å². The fourth-order valence-corrected chi connectivity index (χ4v) is 1.27. The average molecular weight is 257 g/mol. The van der Waals surface area contributed by atoms with Gasteiger partial charge in [0.2, 0.25) is 0 Å². The van der Waals surface area contributed by atoms with Crippen LogP contribution in [0.1, 0.15) is 18.9 Å². The zero-order valence-electron chi connectivity index (χ0n) is 8.34. The summed E-state index contributed by atoms with van der Waals surface area (Å²) in [6.07, 6.45) is 0.467. The lowest BCUT2D eigenvalue weighted by molar-refractivity contribution is -0.117. The van der Waals surface area contributed by atoms with Crippen molar-refractivity contribution in [2.45, 2.75) is 20.3 Å². The summed E-state index contributed by atoms with van der Waals surface area (Å²) in [5, 5.41) is 0. The van der Waals surface area contributed by atoms with Crippen LogP contribution < -0.4 is 4.74 Å². The SMILES string of the molecule is CC(=O)CCOc1ccc(Br)c(C)c1. The fraction of sp³-hybridized carbons (Fsp3) is 0.364. The van der Waals surface area contributed by atoms with Crippen molar-refractivity contribution in [3.63, 3.8) is 0 Å². The molecule has 0 aliphatic carbocycles. The second-order valence-corrected chi connectivity index (χ2v) is 4.07. The molecule has 0 heterocycles. The molecular weight excluding hydrogens is 244 g/mol. The quantitative estimate of drug-likeness (QED) is 0.828. The lowest BCUT2D eigenvalue weighted by atomic mass is 10.2. The molecule has 1 rings (SSSR count). The molecule has 0 bridgehead atoms. The van der Waals surface area contributed by atoms with E-state index in [4.69, 9.17) is 4.74 Å². The first-order valence-corrected chi connectivity index (χ1v) is 5.27. The summed E-state index contributed by atoms with van der Waals surface area (Å²) >= 11 is 3.41. The van der Waals surface area contributed by atoms with Crippen molar-refractivity contribution in [2.75, 3.05) is 6.61 Å². The van der Waals surface area contributed by atoms with Gasteiger partial charge < -0.3 is 4.74 Å². The summed E-state index contributed by atoms with van der Waals surface area (Å²) < 4.78 is 6.48. The normalized spacial score (nSPS) is 9.93. The van der Waals surface area contributed by atoms with Crippen LogP contribution in [0, 0.1) is 6.92 Å². The molecule has 14 heavy (non-hydrogen) atoms. The van der Waals surface area contributed by atoms with E-state index in [1.807, 2.05) is 25.1 Å². The Hall–Kier alpha value is -0.830. The van der Waals surface area contributed by atoms with Gasteiger partial charge in [0.25, 0.3) is 0 Å². The topological polar surface area (TPSA) is 26.3 Å². The number of aryl methyl sites for hydroxylation is 1. The largest absolute Gasteiger partial charge is 0.493 e. The lowest BCUT2D eigenvalue weighted by Crippen LogP contribution is -2.02. The van der Waals surface area contributed by atoms with E-state index >= 15 is 0 Å². The maximum Gasteiger partial charge on any atom is 0.133 e. The molecule has 1 aromatic rings. The maximum absolute atomic E-state index is 10.7. The Morgan fingerprint density at radius 2 is 2.21 bits per heavy atom. The number of carbonyl (C=O) groups is 1. The fourth-order valence-electron chi connectivity index (χ4n) is 1.02. The minimum Gasteiger partial charge on any atom is -0.493 e. The third kappa shape index (κ3) is 3.50. The second-order valence-electron chi connectivity index (χ2n) is 3.21. The third-order valence-corrected chi connectivity index (χ3v) is 2.74. The summed E-state index contributed by atoms with van der Waals surface area (Å²) in [7, 11) is 0. The smallest absolute Gasteiger partial charge is 0.133 e. The van der Waals surface area contributed by atoms with E-state index in [9.17, 15) is 4.79 Å². The predicted molar refractivity (Wildman–Crippen MR) is 59.7 cm³/mol. The number of hydrogen-bond donors (Lipinski definition) is 0. The number of ether oxygens (including phenoxy) is 1. The zero-order valence-corrected chi connectivity index (χ0v) is 9.93. The Morgan fingerprint density at radius 3 is 2.79 bits per heavy atom. The van der Waals surface area contributed by atoms with E-state index in [2.05, 4.69) is 15.9 Å². The molecule has 0 aliphatic rings. The summed E-state index contributed by atoms with van der Waals surface area (Å²) in [6, 6.07) is 5.78. The van der Waals surface area contributed by atoms with Crippen LogP contribution in [0.25, 0.3) is 0 Å². The first-order valence-electron chi connectivity index (χ1n) is 4.48. The van der Waals surface area contributed by atoms with Crippen LogP contribution in [0.3, 0.4) is 0 Å². The highest BCUT2D eigenvalue weighted by Crippen LogP contribution is 2.21. The molecule has 0 unspecified atom stereocenters. The van der Waals surface area contributed by atoms with Crippen LogP contribution in [0.2, 0.25) is 0 Å². The van der Waals surface area contributed by atoms with Crippen LogP contribution in [0.5, 0.6) is 5.75 Å². The number of benzene rings is 1. The molecule has 1 aromatic carbocycles. The predicted octanol–water partition coefficient (Wildman–Crippen LogP) is 3.12. The van der Waals surface area contributed by atoms with E-state index in [0.717, 1.165) is 15.8 Å². The number of rotatable bonds is 4. The van der Waals surface area contributed by atoms with Gasteiger partial charge in [0.05, 0.1) is 6.61 Å². The Bertz CT molecular complexity index is 334. The highest BCUT2D eigenvalue weighted by Gasteiger charge is 1.99. The van der Waals surface area contributed by atoms with E-state index in [0.29, 0.717) is 13.0 Å². The number of hydrogen-bond acceptors (Lipinski definition) is 2. The molecule has 0 atom stereocenters. The van der Waals surface area contributed by atoms with E-state index < -0.39 is 0 Å². The summed E-state index contributed by atoms with van der Waals surface area (Å²) in [4.78, 5) is 10.7. The molecule has 0 N–H and O–H groups in total. The van der Waals surface area contributed by atoms with Gasteiger partial charge in [0, 0.05) is 10.9 Å². The Labute approximate surface area is 92.4 Å². The van der Waals surface area contributed by atoms with Gasteiger partial charge in [-0.15, -0.1) is 0 Å². The minimum atomic E-state index is 0.152. The molecule has 0 saturated heterocycles. The summed E-state index contributed by atoms with van der Waals surface area (Å²) in [6.45, 7) is 4.02. The highest BCUT2D eigenvalue weighted by atomic mass is 79.9. The molecule has 2 nitrogen and oxygen atoms in total. The summed E-state index contributed by atoms with van der Waals surface area (Å²) in [5.41, 5.74) is 1.13. The van der Waals surface area contributed by atoms with Crippen LogP contribution in [0.15, 0.2) is 22.7 Å². The molecule has 0 radical (unpaired) electrons. The molecule has 0 amide bonds. The molecule has 0 spiro atoms. The number of Topliss-reactive ketones (excluding diaryl/α,β-unsaturated/α-hetero) is 1. The minimum absolute atomic E-state index is 0.152. The van der Waals surface area contributed by atoms with Crippen molar-refractivity contribution in [2.24, 2.45) is 0 Å². The number of ketones is 1. The highest BCUT2D eigenvalue weighted by molar-refractivity contribution is 9.10. The lowest BCUT2D eigenvalue weighted by Gasteiger charge is -2.06. The Kier molecular flexibility index (Phi) is 4.14. The van der Waals surface area contributed by atoms with Crippen molar-refractivity contribution >= 4 is 21.7 Å². The van der Waals surface area contributed by atoms with Gasteiger partial charge in [0.1, 0.15) is 11.5 Å². The number of halogens is 1. The van der Waals surface area contributed by atoms with Gasteiger partial charge >= 0.3 is 0 Å².